The number of nitrogens with zero attached hydrogens (tertiary/aromatic N) is 1. The Bertz CT molecular complexity index is 784. The highest BCUT2D eigenvalue weighted by Gasteiger charge is 2.09. The zero-order chi connectivity index (χ0) is 14.7. The molecule has 0 aliphatic heterocycles. The lowest BCUT2D eigenvalue weighted by atomic mass is 10.1. The number of thiocarbonyl (C=S) groups is 1. The average molecular weight is 293 g/mol. The van der Waals surface area contributed by atoms with E-state index in [9.17, 15) is 0 Å². The van der Waals surface area contributed by atoms with Crippen molar-refractivity contribution in [3.8, 4) is 0 Å². The van der Waals surface area contributed by atoms with E-state index in [0.29, 0.717) is 11.5 Å². The van der Waals surface area contributed by atoms with Crippen molar-refractivity contribution in [2.45, 2.75) is 6.54 Å². The summed E-state index contributed by atoms with van der Waals surface area (Å²) in [6.45, 7) is 0.682. The van der Waals surface area contributed by atoms with Gasteiger partial charge in [-0.2, -0.15) is 0 Å². The van der Waals surface area contributed by atoms with Gasteiger partial charge in [0.25, 0.3) is 0 Å². The van der Waals surface area contributed by atoms with Crippen molar-refractivity contribution in [1.29, 1.82) is 0 Å². The van der Waals surface area contributed by atoms with Gasteiger partial charge in [0.15, 0.2) is 0 Å². The highest BCUT2D eigenvalue weighted by molar-refractivity contribution is 7.80. The molecule has 21 heavy (non-hydrogen) atoms. The smallest absolute Gasteiger partial charge is 0.137 e. The van der Waals surface area contributed by atoms with Gasteiger partial charge in [-0.25, -0.2) is 4.98 Å². The number of hydrogen-bond donors (Lipinski definition) is 2. The quantitative estimate of drug-likeness (QED) is 0.723. The van der Waals surface area contributed by atoms with Crippen LogP contribution in [-0.2, 0) is 6.54 Å². The summed E-state index contributed by atoms with van der Waals surface area (Å²) in [5.41, 5.74) is 8.71. The maximum atomic E-state index is 5.83. The Labute approximate surface area is 128 Å². The van der Waals surface area contributed by atoms with Gasteiger partial charge in [0.2, 0.25) is 0 Å². The summed E-state index contributed by atoms with van der Waals surface area (Å²) in [5, 5.41) is 4.36. The van der Waals surface area contributed by atoms with E-state index in [0.717, 1.165) is 22.3 Å². The summed E-state index contributed by atoms with van der Waals surface area (Å²) < 4.78 is 0. The lowest BCUT2D eigenvalue weighted by molar-refractivity contribution is 1.12. The van der Waals surface area contributed by atoms with Crippen LogP contribution in [0.25, 0.3) is 10.9 Å². The molecule has 1 heterocycles. The number of rotatable bonds is 4. The minimum atomic E-state index is 0.351. The lowest BCUT2D eigenvalue weighted by Crippen LogP contribution is -2.14. The third-order valence-electron chi connectivity index (χ3n) is 3.29. The van der Waals surface area contributed by atoms with E-state index < -0.39 is 0 Å². The molecular weight excluding hydrogens is 278 g/mol. The molecule has 3 nitrogen and oxygen atoms in total. The van der Waals surface area contributed by atoms with Crippen LogP contribution in [0.2, 0.25) is 0 Å². The molecule has 0 aliphatic carbocycles. The van der Waals surface area contributed by atoms with Crippen molar-refractivity contribution in [2.75, 3.05) is 5.32 Å². The molecule has 3 rings (SSSR count). The van der Waals surface area contributed by atoms with E-state index in [-0.39, 0.29) is 0 Å². The summed E-state index contributed by atoms with van der Waals surface area (Å²) in [4.78, 5) is 4.98. The number of hydrogen-bond acceptors (Lipinski definition) is 3. The van der Waals surface area contributed by atoms with Crippen LogP contribution in [0, 0.1) is 0 Å². The van der Waals surface area contributed by atoms with Crippen LogP contribution in [0.15, 0.2) is 60.7 Å². The van der Waals surface area contributed by atoms with Crippen LogP contribution in [0.4, 0.5) is 5.82 Å². The summed E-state index contributed by atoms with van der Waals surface area (Å²) in [6.07, 6.45) is 0. The monoisotopic (exact) mass is 293 g/mol. The van der Waals surface area contributed by atoms with Crippen LogP contribution < -0.4 is 11.1 Å². The van der Waals surface area contributed by atoms with Gasteiger partial charge in [-0.15, -0.1) is 0 Å². The molecule has 0 aliphatic rings. The fourth-order valence-corrected chi connectivity index (χ4v) is 2.38. The van der Waals surface area contributed by atoms with Crippen molar-refractivity contribution in [2.24, 2.45) is 5.73 Å². The number of nitrogens with two attached hydrogens (primary N) is 1. The van der Waals surface area contributed by atoms with Gasteiger partial charge in [-0.3, -0.25) is 0 Å². The number of pyridine rings is 1. The topological polar surface area (TPSA) is 50.9 Å². The Morgan fingerprint density at radius 3 is 2.52 bits per heavy atom. The second kappa shape index (κ2) is 5.89. The van der Waals surface area contributed by atoms with Gasteiger partial charge in [0.05, 0.1) is 11.1 Å². The maximum Gasteiger partial charge on any atom is 0.137 e. The van der Waals surface area contributed by atoms with E-state index in [1.165, 1.54) is 5.56 Å². The molecule has 3 N–H and O–H groups in total. The highest BCUT2D eigenvalue weighted by atomic mass is 32.1. The van der Waals surface area contributed by atoms with Crippen molar-refractivity contribution in [1.82, 2.24) is 4.98 Å². The molecule has 1 aromatic heterocycles. The van der Waals surface area contributed by atoms with Crippen LogP contribution in [0.3, 0.4) is 0 Å². The summed E-state index contributed by atoms with van der Waals surface area (Å²) in [6, 6.07) is 20.1. The van der Waals surface area contributed by atoms with Crippen LogP contribution in [0.5, 0.6) is 0 Å². The molecule has 0 amide bonds. The summed E-state index contributed by atoms with van der Waals surface area (Å²) >= 11 is 5.14. The second-order valence-electron chi connectivity index (χ2n) is 4.78. The fourth-order valence-electron chi connectivity index (χ4n) is 2.22. The largest absolute Gasteiger partial charge is 0.389 e. The van der Waals surface area contributed by atoms with Crippen molar-refractivity contribution < 1.29 is 0 Å². The average Bonchev–Trinajstić information content (AvgIpc) is 2.53. The summed E-state index contributed by atoms with van der Waals surface area (Å²) in [5.74, 6) is 0.727. The SMILES string of the molecule is NC(=S)c1cc2ccccc2nc1NCc1ccccc1. The van der Waals surface area contributed by atoms with E-state index in [4.69, 9.17) is 18.0 Å². The third kappa shape index (κ3) is 3.01. The standard InChI is InChI=1S/C17H15N3S/c18-16(21)14-10-13-8-4-5-9-15(13)20-17(14)19-11-12-6-2-1-3-7-12/h1-10H,11H2,(H2,18,21)(H,19,20). The van der Waals surface area contributed by atoms with Crippen LogP contribution >= 0.6 is 12.2 Å². The van der Waals surface area contributed by atoms with Gasteiger partial charge in [-0.1, -0.05) is 60.7 Å². The van der Waals surface area contributed by atoms with E-state index >= 15 is 0 Å². The molecule has 4 heteroatoms. The minimum absolute atomic E-state index is 0.351. The van der Waals surface area contributed by atoms with Crippen molar-refractivity contribution >= 4 is 33.9 Å². The molecule has 104 valence electrons. The Morgan fingerprint density at radius 2 is 1.76 bits per heavy atom. The fraction of sp³-hybridized carbons (Fsp3) is 0.0588. The first-order valence-electron chi connectivity index (χ1n) is 6.71. The molecule has 0 radical (unpaired) electrons. The zero-order valence-corrected chi connectivity index (χ0v) is 12.2. The number of aromatic nitrogens is 1. The third-order valence-corrected chi connectivity index (χ3v) is 3.51. The Kier molecular flexibility index (Phi) is 3.79. The molecule has 0 atom stereocenters. The minimum Gasteiger partial charge on any atom is -0.389 e. The molecule has 2 aromatic carbocycles. The number of fused-ring (bicyclic) bond motifs is 1. The molecule has 0 spiro atoms. The first-order chi connectivity index (χ1) is 10.2. The maximum absolute atomic E-state index is 5.83. The molecule has 3 aromatic rings. The Hall–Kier alpha value is -2.46. The Balaban J connectivity index is 1.96. The van der Waals surface area contributed by atoms with Gasteiger partial charge >= 0.3 is 0 Å². The highest BCUT2D eigenvalue weighted by Crippen LogP contribution is 2.21. The predicted octanol–water partition coefficient (Wildman–Crippen LogP) is 3.48. The first kappa shape index (κ1) is 13.5. The molecular formula is C17H15N3S. The molecule has 0 saturated carbocycles. The van der Waals surface area contributed by atoms with Gasteiger partial charge < -0.3 is 11.1 Å². The van der Waals surface area contributed by atoms with Crippen LogP contribution in [0.1, 0.15) is 11.1 Å². The number of benzene rings is 2. The van der Waals surface area contributed by atoms with E-state index in [1.807, 2.05) is 48.5 Å². The van der Waals surface area contributed by atoms with Gasteiger partial charge in [0, 0.05) is 11.9 Å². The number of para-hydroxylation sites is 1. The first-order valence-corrected chi connectivity index (χ1v) is 7.12. The molecule has 0 bridgehead atoms. The van der Waals surface area contributed by atoms with Crippen molar-refractivity contribution in [3.63, 3.8) is 0 Å². The lowest BCUT2D eigenvalue weighted by Gasteiger charge is -2.12. The van der Waals surface area contributed by atoms with Gasteiger partial charge in [-0.05, 0) is 17.7 Å². The molecule has 0 unspecified atom stereocenters. The summed E-state index contributed by atoms with van der Waals surface area (Å²) in [7, 11) is 0. The van der Waals surface area contributed by atoms with Gasteiger partial charge in [0.1, 0.15) is 10.8 Å². The molecule has 0 saturated heterocycles. The zero-order valence-electron chi connectivity index (χ0n) is 11.4. The number of anilines is 1. The predicted molar refractivity (Wildman–Crippen MR) is 91.4 cm³/mol. The van der Waals surface area contributed by atoms with Crippen molar-refractivity contribution in [3.05, 3.63) is 71.8 Å². The van der Waals surface area contributed by atoms with E-state index in [2.05, 4.69) is 22.4 Å². The second-order valence-corrected chi connectivity index (χ2v) is 5.22. The van der Waals surface area contributed by atoms with Crippen LogP contribution in [-0.4, -0.2) is 9.97 Å². The van der Waals surface area contributed by atoms with E-state index in [1.54, 1.807) is 0 Å². The Morgan fingerprint density at radius 1 is 1.05 bits per heavy atom. The number of nitrogens with one attached hydrogen (secondary N) is 1. The molecule has 0 fully saturated rings. The normalized spacial score (nSPS) is 10.5.